The van der Waals surface area contributed by atoms with Gasteiger partial charge in [-0.25, -0.2) is 13.2 Å². The summed E-state index contributed by atoms with van der Waals surface area (Å²) in [5.41, 5.74) is 0.183. The number of carbonyl (C=O) groups excluding carboxylic acids is 2. The molecule has 2 heterocycles. The number of ether oxygens (including phenoxy) is 3. The molecule has 2 aliphatic rings. The summed E-state index contributed by atoms with van der Waals surface area (Å²) in [6.07, 6.45) is -0.140. The van der Waals surface area contributed by atoms with E-state index in [2.05, 4.69) is 0 Å². The fourth-order valence-electron chi connectivity index (χ4n) is 3.38. The van der Waals surface area contributed by atoms with Gasteiger partial charge in [-0.1, -0.05) is 0 Å². The maximum absolute atomic E-state index is 12.6. The Bertz CT molecular complexity index is 825. The number of morpholine rings is 2. The van der Waals surface area contributed by atoms with Crippen LogP contribution in [0.5, 0.6) is 0 Å². The van der Waals surface area contributed by atoms with Gasteiger partial charge < -0.3 is 19.1 Å². The second kappa shape index (κ2) is 9.21. The lowest BCUT2D eigenvalue weighted by atomic mass is 10.2. The molecule has 1 aromatic rings. The van der Waals surface area contributed by atoms with E-state index in [1.54, 1.807) is 4.90 Å². The molecule has 2 fully saturated rings. The smallest absolute Gasteiger partial charge is 0.338 e. The summed E-state index contributed by atoms with van der Waals surface area (Å²) < 4.78 is 42.4. The molecule has 10 heteroatoms. The predicted octanol–water partition coefficient (Wildman–Crippen LogP) is 0.500. The van der Waals surface area contributed by atoms with Crippen LogP contribution in [0.25, 0.3) is 0 Å². The molecule has 1 amide bonds. The molecule has 0 aliphatic carbocycles. The van der Waals surface area contributed by atoms with Crippen LogP contribution in [0.4, 0.5) is 0 Å². The number of esters is 1. The topological polar surface area (TPSA) is 102 Å². The quantitative estimate of drug-likeness (QED) is 0.632. The summed E-state index contributed by atoms with van der Waals surface area (Å²) >= 11 is 0. The van der Waals surface area contributed by atoms with Crippen molar-refractivity contribution in [1.29, 1.82) is 0 Å². The first-order valence-corrected chi connectivity index (χ1v) is 11.0. The van der Waals surface area contributed by atoms with Crippen molar-refractivity contribution in [2.24, 2.45) is 0 Å². The Kier molecular flexibility index (Phi) is 6.89. The third-order valence-electron chi connectivity index (χ3n) is 4.80. The van der Waals surface area contributed by atoms with E-state index in [0.29, 0.717) is 39.4 Å². The van der Waals surface area contributed by atoms with E-state index in [9.17, 15) is 18.0 Å². The standard InChI is InChI=1S/C19H26N2O7S/c1-14-11-20(12-15(2)28-14)18(22)13-27-19(23)16-3-5-17(6-4-16)29(24,25)21-7-9-26-10-8-21/h3-6,14-15H,7-13H2,1-2H3. The highest BCUT2D eigenvalue weighted by molar-refractivity contribution is 7.89. The second-order valence-corrected chi connectivity index (χ2v) is 9.11. The van der Waals surface area contributed by atoms with Gasteiger partial charge in [0.2, 0.25) is 10.0 Å². The van der Waals surface area contributed by atoms with E-state index < -0.39 is 16.0 Å². The Morgan fingerprint density at radius 2 is 1.66 bits per heavy atom. The zero-order valence-electron chi connectivity index (χ0n) is 16.6. The van der Waals surface area contributed by atoms with Crippen LogP contribution >= 0.6 is 0 Å². The number of hydrogen-bond donors (Lipinski definition) is 0. The first-order chi connectivity index (χ1) is 13.8. The number of benzene rings is 1. The summed E-state index contributed by atoms with van der Waals surface area (Å²) in [4.78, 5) is 26.2. The molecule has 2 aliphatic heterocycles. The molecule has 0 bridgehead atoms. The van der Waals surface area contributed by atoms with Gasteiger partial charge in [0.15, 0.2) is 6.61 Å². The fraction of sp³-hybridized carbons (Fsp3) is 0.579. The van der Waals surface area contributed by atoms with Crippen LogP contribution in [0.2, 0.25) is 0 Å². The van der Waals surface area contributed by atoms with Gasteiger partial charge in [0.05, 0.1) is 35.9 Å². The number of amides is 1. The Labute approximate surface area is 170 Å². The Morgan fingerprint density at radius 3 is 2.24 bits per heavy atom. The van der Waals surface area contributed by atoms with Crippen molar-refractivity contribution in [3.8, 4) is 0 Å². The van der Waals surface area contributed by atoms with Crippen LogP contribution in [0.15, 0.2) is 29.2 Å². The number of carbonyl (C=O) groups is 2. The average molecular weight is 426 g/mol. The van der Waals surface area contributed by atoms with Gasteiger partial charge in [-0.05, 0) is 38.1 Å². The highest BCUT2D eigenvalue weighted by Gasteiger charge is 2.28. The highest BCUT2D eigenvalue weighted by Crippen LogP contribution is 2.18. The zero-order chi connectivity index (χ0) is 21.0. The first kappa shape index (κ1) is 21.7. The maximum atomic E-state index is 12.6. The summed E-state index contributed by atoms with van der Waals surface area (Å²) in [5, 5.41) is 0. The average Bonchev–Trinajstić information content (AvgIpc) is 2.71. The lowest BCUT2D eigenvalue weighted by Crippen LogP contribution is -2.49. The van der Waals surface area contributed by atoms with Gasteiger partial charge in [0.25, 0.3) is 5.91 Å². The minimum absolute atomic E-state index is 0.0700. The Hall–Kier alpha value is -2.01. The van der Waals surface area contributed by atoms with E-state index in [4.69, 9.17) is 14.2 Å². The van der Waals surface area contributed by atoms with Gasteiger partial charge in [-0.15, -0.1) is 0 Å². The minimum Gasteiger partial charge on any atom is -0.452 e. The minimum atomic E-state index is -3.63. The molecule has 3 rings (SSSR count). The largest absolute Gasteiger partial charge is 0.452 e. The van der Waals surface area contributed by atoms with Crippen LogP contribution in [0.3, 0.4) is 0 Å². The normalized spacial score (nSPS) is 23.6. The van der Waals surface area contributed by atoms with Crippen LogP contribution in [-0.2, 0) is 29.0 Å². The van der Waals surface area contributed by atoms with Gasteiger partial charge in [-0.3, -0.25) is 4.79 Å². The molecule has 9 nitrogen and oxygen atoms in total. The van der Waals surface area contributed by atoms with E-state index in [1.165, 1.54) is 28.6 Å². The number of rotatable bonds is 5. The molecular weight excluding hydrogens is 400 g/mol. The van der Waals surface area contributed by atoms with E-state index in [-0.39, 0.29) is 35.2 Å². The summed E-state index contributed by atoms with van der Waals surface area (Å²) in [5.74, 6) is -0.963. The molecule has 0 saturated carbocycles. The highest BCUT2D eigenvalue weighted by atomic mass is 32.2. The molecule has 0 aromatic heterocycles. The van der Waals surface area contributed by atoms with Gasteiger partial charge in [-0.2, -0.15) is 4.31 Å². The molecular formula is C19H26N2O7S. The Morgan fingerprint density at radius 1 is 1.07 bits per heavy atom. The van der Waals surface area contributed by atoms with E-state index in [1.807, 2.05) is 13.8 Å². The SMILES string of the molecule is CC1CN(C(=O)COC(=O)c2ccc(S(=O)(=O)N3CCOCC3)cc2)CC(C)O1. The van der Waals surface area contributed by atoms with Gasteiger partial charge in [0.1, 0.15) is 0 Å². The molecule has 2 saturated heterocycles. The fourth-order valence-corrected chi connectivity index (χ4v) is 4.79. The zero-order valence-corrected chi connectivity index (χ0v) is 17.4. The third-order valence-corrected chi connectivity index (χ3v) is 6.71. The van der Waals surface area contributed by atoms with Crippen molar-refractivity contribution >= 4 is 21.9 Å². The number of nitrogens with zero attached hydrogens (tertiary/aromatic N) is 2. The molecule has 1 aromatic carbocycles. The second-order valence-electron chi connectivity index (χ2n) is 7.17. The van der Waals surface area contributed by atoms with Crippen molar-refractivity contribution < 1.29 is 32.2 Å². The van der Waals surface area contributed by atoms with Crippen LogP contribution in [-0.4, -0.2) is 87.7 Å². The van der Waals surface area contributed by atoms with E-state index >= 15 is 0 Å². The molecule has 160 valence electrons. The van der Waals surface area contributed by atoms with Crippen LogP contribution in [0.1, 0.15) is 24.2 Å². The molecule has 2 unspecified atom stereocenters. The van der Waals surface area contributed by atoms with Crippen molar-refractivity contribution in [2.75, 3.05) is 46.0 Å². The monoisotopic (exact) mass is 426 g/mol. The lowest BCUT2D eigenvalue weighted by Gasteiger charge is -2.35. The van der Waals surface area contributed by atoms with Crippen molar-refractivity contribution in [3.63, 3.8) is 0 Å². The number of hydrogen-bond acceptors (Lipinski definition) is 7. The molecule has 0 N–H and O–H groups in total. The van der Waals surface area contributed by atoms with Gasteiger partial charge in [0, 0.05) is 26.2 Å². The van der Waals surface area contributed by atoms with Crippen LogP contribution in [0, 0.1) is 0 Å². The molecule has 29 heavy (non-hydrogen) atoms. The predicted molar refractivity (Wildman–Crippen MR) is 103 cm³/mol. The van der Waals surface area contributed by atoms with Crippen molar-refractivity contribution in [3.05, 3.63) is 29.8 Å². The first-order valence-electron chi connectivity index (χ1n) is 9.55. The maximum Gasteiger partial charge on any atom is 0.338 e. The van der Waals surface area contributed by atoms with Crippen molar-refractivity contribution in [1.82, 2.24) is 9.21 Å². The molecule has 0 radical (unpaired) electrons. The van der Waals surface area contributed by atoms with E-state index in [0.717, 1.165) is 0 Å². The van der Waals surface area contributed by atoms with Gasteiger partial charge >= 0.3 is 5.97 Å². The third kappa shape index (κ3) is 5.33. The Balaban J connectivity index is 1.57. The van der Waals surface area contributed by atoms with Crippen molar-refractivity contribution in [2.45, 2.75) is 31.0 Å². The van der Waals surface area contributed by atoms with Crippen LogP contribution < -0.4 is 0 Å². The molecule has 0 spiro atoms. The molecule has 2 atom stereocenters. The summed E-state index contributed by atoms with van der Waals surface area (Å²) in [7, 11) is -3.63. The summed E-state index contributed by atoms with van der Waals surface area (Å²) in [6, 6.07) is 5.52. The lowest BCUT2D eigenvalue weighted by molar-refractivity contribution is -0.146. The number of sulfonamides is 1. The summed E-state index contributed by atoms with van der Waals surface area (Å²) in [6.45, 7) is 5.62.